The lowest BCUT2D eigenvalue weighted by Gasteiger charge is -2.29. The fourth-order valence-electron chi connectivity index (χ4n) is 2.68. The lowest BCUT2D eigenvalue weighted by atomic mass is 9.77. The van der Waals surface area contributed by atoms with Crippen molar-refractivity contribution in [2.45, 2.75) is 32.3 Å². The Morgan fingerprint density at radius 2 is 2.11 bits per heavy atom. The molecular formula is C14H17NO4. The molecule has 0 spiro atoms. The van der Waals surface area contributed by atoms with Crippen LogP contribution in [0.25, 0.3) is 0 Å². The van der Waals surface area contributed by atoms with Crippen LogP contribution in [0.5, 0.6) is 0 Å². The van der Waals surface area contributed by atoms with Gasteiger partial charge in [0.25, 0.3) is 5.69 Å². The van der Waals surface area contributed by atoms with Crippen LogP contribution in [0.15, 0.2) is 24.3 Å². The Morgan fingerprint density at radius 1 is 1.42 bits per heavy atom. The van der Waals surface area contributed by atoms with Crippen molar-refractivity contribution in [3.63, 3.8) is 0 Å². The lowest BCUT2D eigenvalue weighted by molar-refractivity contribution is -0.386. The van der Waals surface area contributed by atoms with E-state index >= 15 is 0 Å². The van der Waals surface area contributed by atoms with E-state index in [1.54, 1.807) is 12.1 Å². The van der Waals surface area contributed by atoms with Gasteiger partial charge >= 0.3 is 0 Å². The zero-order chi connectivity index (χ0) is 14.0. The number of nitro groups is 1. The Morgan fingerprint density at radius 3 is 2.79 bits per heavy atom. The highest BCUT2D eigenvalue weighted by atomic mass is 16.6. The fraction of sp³-hybridized carbons (Fsp3) is 0.500. The first-order chi connectivity index (χ1) is 9.00. The molecule has 3 atom stereocenters. The Bertz CT molecular complexity index is 500. The number of ketones is 1. The van der Waals surface area contributed by atoms with Crippen LogP contribution in [0.3, 0.4) is 0 Å². The third kappa shape index (κ3) is 2.81. The van der Waals surface area contributed by atoms with Crippen LogP contribution < -0.4 is 0 Å². The Balaban J connectivity index is 2.30. The van der Waals surface area contributed by atoms with Gasteiger partial charge < -0.3 is 5.11 Å². The van der Waals surface area contributed by atoms with E-state index in [9.17, 15) is 20.0 Å². The maximum Gasteiger partial charge on any atom is 0.275 e. The minimum absolute atomic E-state index is 0.00347. The normalized spacial score (nSPS) is 25.1. The summed E-state index contributed by atoms with van der Waals surface area (Å²) in [6, 6.07) is 6.08. The van der Waals surface area contributed by atoms with E-state index in [0.29, 0.717) is 18.8 Å². The van der Waals surface area contributed by atoms with E-state index in [1.807, 2.05) is 6.92 Å². The van der Waals surface area contributed by atoms with E-state index in [1.165, 1.54) is 12.1 Å². The minimum Gasteiger partial charge on any atom is -0.387 e. The van der Waals surface area contributed by atoms with Crippen molar-refractivity contribution in [1.82, 2.24) is 0 Å². The zero-order valence-corrected chi connectivity index (χ0v) is 10.8. The van der Waals surface area contributed by atoms with E-state index in [-0.39, 0.29) is 17.0 Å². The molecule has 0 unspecified atom stereocenters. The topological polar surface area (TPSA) is 80.4 Å². The number of hydrogen-bond acceptors (Lipinski definition) is 4. The van der Waals surface area contributed by atoms with Crippen molar-refractivity contribution < 1.29 is 14.8 Å². The van der Waals surface area contributed by atoms with E-state index < -0.39 is 16.9 Å². The highest BCUT2D eigenvalue weighted by Gasteiger charge is 2.35. The van der Waals surface area contributed by atoms with Gasteiger partial charge in [-0.15, -0.1) is 0 Å². The molecule has 0 heterocycles. The highest BCUT2D eigenvalue weighted by molar-refractivity contribution is 5.82. The second-order valence-electron chi connectivity index (χ2n) is 5.21. The summed E-state index contributed by atoms with van der Waals surface area (Å²) >= 11 is 0. The Hall–Kier alpha value is -1.75. The third-order valence-electron chi connectivity index (χ3n) is 3.79. The van der Waals surface area contributed by atoms with Gasteiger partial charge in [0.1, 0.15) is 5.78 Å². The molecule has 5 heteroatoms. The second-order valence-corrected chi connectivity index (χ2v) is 5.21. The predicted molar refractivity (Wildman–Crippen MR) is 69.6 cm³/mol. The van der Waals surface area contributed by atoms with E-state index in [0.717, 1.165) is 6.42 Å². The molecule has 0 amide bonds. The fourth-order valence-corrected chi connectivity index (χ4v) is 2.68. The molecule has 1 N–H and O–H groups in total. The average molecular weight is 263 g/mol. The molecule has 1 fully saturated rings. The van der Waals surface area contributed by atoms with Gasteiger partial charge in [0.2, 0.25) is 0 Å². The number of nitrogens with zero attached hydrogens (tertiary/aromatic N) is 1. The summed E-state index contributed by atoms with van der Waals surface area (Å²) in [5.74, 6) is -0.159. The minimum atomic E-state index is -1.09. The predicted octanol–water partition coefficient (Wildman–Crippen LogP) is 2.63. The van der Waals surface area contributed by atoms with Gasteiger partial charge in [0.05, 0.1) is 16.6 Å². The summed E-state index contributed by atoms with van der Waals surface area (Å²) in [4.78, 5) is 22.4. The SMILES string of the molecule is C[C@H]1CCC(=O)[C@@H]([C@H](O)c2ccccc2[N+](=O)[O-])C1. The molecule has 0 aliphatic heterocycles. The maximum atomic E-state index is 11.9. The smallest absolute Gasteiger partial charge is 0.275 e. The van der Waals surface area contributed by atoms with E-state index in [2.05, 4.69) is 0 Å². The van der Waals surface area contributed by atoms with Crippen LogP contribution in [0, 0.1) is 22.0 Å². The van der Waals surface area contributed by atoms with Gasteiger partial charge in [-0.3, -0.25) is 14.9 Å². The summed E-state index contributed by atoms with van der Waals surface area (Å²) in [5.41, 5.74) is 0.112. The molecule has 0 saturated heterocycles. The Labute approximate surface area is 111 Å². The number of para-hydroxylation sites is 1. The molecule has 2 rings (SSSR count). The second kappa shape index (κ2) is 5.48. The van der Waals surface area contributed by atoms with Crippen LogP contribution >= 0.6 is 0 Å². The van der Waals surface area contributed by atoms with Crippen molar-refractivity contribution in [3.05, 3.63) is 39.9 Å². The highest BCUT2D eigenvalue weighted by Crippen LogP contribution is 2.37. The van der Waals surface area contributed by atoms with Crippen LogP contribution in [0.4, 0.5) is 5.69 Å². The summed E-state index contributed by atoms with van der Waals surface area (Å²) in [7, 11) is 0. The molecule has 0 bridgehead atoms. The zero-order valence-electron chi connectivity index (χ0n) is 10.8. The van der Waals surface area contributed by atoms with Crippen LogP contribution in [0.2, 0.25) is 0 Å². The summed E-state index contributed by atoms with van der Waals surface area (Å²) in [5, 5.41) is 21.3. The summed E-state index contributed by atoms with van der Waals surface area (Å²) < 4.78 is 0. The maximum absolute atomic E-state index is 11.9. The number of rotatable bonds is 3. The van der Waals surface area contributed by atoms with Crippen molar-refractivity contribution in [2.75, 3.05) is 0 Å². The molecule has 102 valence electrons. The number of hydrogen-bond donors (Lipinski definition) is 1. The van der Waals surface area contributed by atoms with Crippen LogP contribution in [-0.4, -0.2) is 15.8 Å². The molecule has 1 aliphatic carbocycles. The molecule has 1 aliphatic rings. The quantitative estimate of drug-likeness (QED) is 0.671. The van der Waals surface area contributed by atoms with Crippen LogP contribution in [-0.2, 0) is 4.79 Å². The van der Waals surface area contributed by atoms with E-state index in [4.69, 9.17) is 0 Å². The first-order valence-electron chi connectivity index (χ1n) is 6.44. The number of nitro benzene ring substituents is 1. The molecule has 1 aromatic rings. The summed E-state index contributed by atoms with van der Waals surface area (Å²) in [6.07, 6.45) is 0.783. The van der Waals surface area contributed by atoms with Crippen molar-refractivity contribution in [2.24, 2.45) is 11.8 Å². The molecule has 0 aromatic heterocycles. The molecule has 5 nitrogen and oxygen atoms in total. The van der Waals surface area contributed by atoms with Gasteiger partial charge in [-0.05, 0) is 24.8 Å². The van der Waals surface area contributed by atoms with Gasteiger partial charge in [0, 0.05) is 18.4 Å². The van der Waals surface area contributed by atoms with Crippen LogP contribution in [0.1, 0.15) is 37.9 Å². The number of Topliss-reactive ketones (excluding diaryl/α,β-unsaturated/α-hetero) is 1. The average Bonchev–Trinajstić information content (AvgIpc) is 2.40. The molecular weight excluding hydrogens is 246 g/mol. The summed E-state index contributed by atoms with van der Waals surface area (Å²) in [6.45, 7) is 2.03. The number of aliphatic hydroxyl groups is 1. The van der Waals surface area contributed by atoms with Gasteiger partial charge in [-0.25, -0.2) is 0 Å². The third-order valence-corrected chi connectivity index (χ3v) is 3.79. The monoisotopic (exact) mass is 263 g/mol. The van der Waals surface area contributed by atoms with Gasteiger partial charge in [0.15, 0.2) is 0 Å². The largest absolute Gasteiger partial charge is 0.387 e. The number of aliphatic hydroxyl groups excluding tert-OH is 1. The molecule has 19 heavy (non-hydrogen) atoms. The first-order valence-corrected chi connectivity index (χ1v) is 6.44. The number of carbonyl (C=O) groups is 1. The van der Waals surface area contributed by atoms with Crippen molar-refractivity contribution >= 4 is 11.5 Å². The van der Waals surface area contributed by atoms with Gasteiger partial charge in [-0.1, -0.05) is 19.1 Å². The number of benzene rings is 1. The van der Waals surface area contributed by atoms with Crippen molar-refractivity contribution in [1.29, 1.82) is 0 Å². The lowest BCUT2D eigenvalue weighted by Crippen LogP contribution is -2.29. The van der Waals surface area contributed by atoms with Crippen molar-refractivity contribution in [3.8, 4) is 0 Å². The molecule has 1 saturated carbocycles. The molecule has 0 radical (unpaired) electrons. The molecule has 1 aromatic carbocycles. The van der Waals surface area contributed by atoms with Gasteiger partial charge in [-0.2, -0.15) is 0 Å². The number of carbonyl (C=O) groups excluding carboxylic acids is 1. The standard InChI is InChI=1S/C14H17NO4/c1-9-6-7-13(16)11(8-9)14(17)10-4-2-3-5-12(10)15(18)19/h2-5,9,11,14,17H,6-8H2,1H3/t9-,11-,14+/m0/s1. The Kier molecular flexibility index (Phi) is 3.95. The first kappa shape index (κ1) is 13.7.